The number of rotatable bonds is 8. The van der Waals surface area contributed by atoms with E-state index in [1.165, 1.54) is 12.8 Å². The lowest BCUT2D eigenvalue weighted by Gasteiger charge is -2.04. The number of aliphatic hydroxyl groups excluding tert-OH is 1. The van der Waals surface area contributed by atoms with Gasteiger partial charge in [0.25, 0.3) is 0 Å². The average Bonchev–Trinajstić information content (AvgIpc) is 3.11. The third-order valence-corrected chi connectivity index (χ3v) is 3.46. The molecule has 0 saturated heterocycles. The van der Waals surface area contributed by atoms with E-state index in [1.807, 2.05) is 4.68 Å². The highest BCUT2D eigenvalue weighted by molar-refractivity contribution is 4.96. The summed E-state index contributed by atoms with van der Waals surface area (Å²) in [6.45, 7) is 5.82. The quantitative estimate of drug-likeness (QED) is 0.727. The molecule has 1 aliphatic rings. The molecule has 0 bridgehead atoms. The SMILES string of the molecule is CCC(C)Cc1nc(CNC2CC2)n(CCO)n1. The Morgan fingerprint density at radius 1 is 1.50 bits per heavy atom. The first-order valence-electron chi connectivity index (χ1n) is 6.99. The van der Waals surface area contributed by atoms with E-state index in [1.54, 1.807) is 0 Å². The second-order valence-corrected chi connectivity index (χ2v) is 5.26. The third kappa shape index (κ3) is 3.78. The second kappa shape index (κ2) is 6.29. The Bertz CT molecular complexity index is 373. The Morgan fingerprint density at radius 3 is 2.89 bits per heavy atom. The minimum Gasteiger partial charge on any atom is -0.394 e. The molecule has 0 aromatic carbocycles. The molecule has 1 unspecified atom stereocenters. The summed E-state index contributed by atoms with van der Waals surface area (Å²) in [6.07, 6.45) is 4.61. The number of aromatic nitrogens is 3. The molecule has 5 nitrogen and oxygen atoms in total. The van der Waals surface area contributed by atoms with Crippen LogP contribution < -0.4 is 5.32 Å². The molecule has 1 aromatic heterocycles. The van der Waals surface area contributed by atoms with Gasteiger partial charge in [-0.15, -0.1) is 0 Å². The van der Waals surface area contributed by atoms with Gasteiger partial charge in [-0.1, -0.05) is 20.3 Å². The van der Waals surface area contributed by atoms with Crippen molar-refractivity contribution in [3.63, 3.8) is 0 Å². The molecule has 0 radical (unpaired) electrons. The maximum atomic E-state index is 9.06. The molecule has 5 heteroatoms. The first-order valence-corrected chi connectivity index (χ1v) is 6.99. The molecule has 102 valence electrons. The Hall–Kier alpha value is -0.940. The highest BCUT2D eigenvalue weighted by Crippen LogP contribution is 2.19. The molecular formula is C13H24N4O. The van der Waals surface area contributed by atoms with Crippen molar-refractivity contribution in [2.75, 3.05) is 6.61 Å². The number of aliphatic hydroxyl groups is 1. The van der Waals surface area contributed by atoms with Crippen LogP contribution >= 0.6 is 0 Å². The fourth-order valence-electron chi connectivity index (χ4n) is 1.90. The van der Waals surface area contributed by atoms with Crippen molar-refractivity contribution < 1.29 is 5.11 Å². The van der Waals surface area contributed by atoms with Gasteiger partial charge in [0.05, 0.1) is 19.7 Å². The van der Waals surface area contributed by atoms with E-state index in [-0.39, 0.29) is 6.61 Å². The van der Waals surface area contributed by atoms with Crippen LogP contribution in [0.25, 0.3) is 0 Å². The number of hydrogen-bond acceptors (Lipinski definition) is 4. The van der Waals surface area contributed by atoms with E-state index < -0.39 is 0 Å². The van der Waals surface area contributed by atoms with E-state index in [4.69, 9.17) is 5.11 Å². The Balaban J connectivity index is 1.99. The van der Waals surface area contributed by atoms with Crippen molar-refractivity contribution in [2.24, 2.45) is 5.92 Å². The number of nitrogens with one attached hydrogen (secondary N) is 1. The third-order valence-electron chi connectivity index (χ3n) is 3.46. The lowest BCUT2D eigenvalue weighted by Crippen LogP contribution is -2.20. The summed E-state index contributed by atoms with van der Waals surface area (Å²) in [5, 5.41) is 17.0. The van der Waals surface area contributed by atoms with Crippen molar-refractivity contribution >= 4 is 0 Å². The van der Waals surface area contributed by atoms with Gasteiger partial charge in [-0.3, -0.25) is 0 Å². The molecule has 2 N–H and O–H groups in total. The smallest absolute Gasteiger partial charge is 0.151 e. The minimum atomic E-state index is 0.114. The first kappa shape index (κ1) is 13.5. The second-order valence-electron chi connectivity index (χ2n) is 5.26. The van der Waals surface area contributed by atoms with Gasteiger partial charge in [0.1, 0.15) is 5.82 Å². The van der Waals surface area contributed by atoms with Crippen molar-refractivity contribution in [2.45, 2.75) is 58.7 Å². The van der Waals surface area contributed by atoms with Gasteiger partial charge in [-0.05, 0) is 18.8 Å². The van der Waals surface area contributed by atoms with E-state index in [0.717, 1.165) is 31.0 Å². The lowest BCUT2D eigenvalue weighted by atomic mass is 10.1. The van der Waals surface area contributed by atoms with Gasteiger partial charge in [0, 0.05) is 12.5 Å². The van der Waals surface area contributed by atoms with E-state index in [2.05, 4.69) is 29.2 Å². The molecular weight excluding hydrogens is 228 g/mol. The molecule has 1 heterocycles. The van der Waals surface area contributed by atoms with Crippen LogP contribution in [0.4, 0.5) is 0 Å². The average molecular weight is 252 g/mol. The maximum absolute atomic E-state index is 9.06. The minimum absolute atomic E-state index is 0.114. The van der Waals surface area contributed by atoms with Crippen molar-refractivity contribution in [3.05, 3.63) is 11.6 Å². The van der Waals surface area contributed by atoms with Gasteiger partial charge < -0.3 is 10.4 Å². The van der Waals surface area contributed by atoms with Crippen LogP contribution in [0.5, 0.6) is 0 Å². The van der Waals surface area contributed by atoms with Crippen LogP contribution in [0, 0.1) is 5.92 Å². The molecule has 1 aromatic rings. The Morgan fingerprint density at radius 2 is 2.28 bits per heavy atom. The van der Waals surface area contributed by atoms with Gasteiger partial charge in [-0.2, -0.15) is 5.10 Å². The van der Waals surface area contributed by atoms with E-state index in [0.29, 0.717) is 18.5 Å². The van der Waals surface area contributed by atoms with Gasteiger partial charge in [-0.25, -0.2) is 9.67 Å². The van der Waals surface area contributed by atoms with Gasteiger partial charge in [0.2, 0.25) is 0 Å². The topological polar surface area (TPSA) is 63.0 Å². The Kier molecular flexibility index (Phi) is 4.72. The van der Waals surface area contributed by atoms with Crippen LogP contribution in [-0.4, -0.2) is 32.5 Å². The fourth-order valence-corrected chi connectivity index (χ4v) is 1.90. The van der Waals surface area contributed by atoms with Crippen molar-refractivity contribution in [1.29, 1.82) is 0 Å². The summed E-state index contributed by atoms with van der Waals surface area (Å²) >= 11 is 0. The first-order chi connectivity index (χ1) is 8.72. The van der Waals surface area contributed by atoms with Crippen LogP contribution in [0.15, 0.2) is 0 Å². The largest absolute Gasteiger partial charge is 0.394 e. The summed E-state index contributed by atoms with van der Waals surface area (Å²) in [4.78, 5) is 4.59. The van der Waals surface area contributed by atoms with Crippen LogP contribution in [0.2, 0.25) is 0 Å². The van der Waals surface area contributed by atoms with Crippen molar-refractivity contribution in [3.8, 4) is 0 Å². The summed E-state index contributed by atoms with van der Waals surface area (Å²) in [5.41, 5.74) is 0. The zero-order valence-corrected chi connectivity index (χ0v) is 11.4. The fraction of sp³-hybridized carbons (Fsp3) is 0.846. The molecule has 1 fully saturated rings. The Labute approximate surface area is 109 Å². The molecule has 1 saturated carbocycles. The van der Waals surface area contributed by atoms with Crippen LogP contribution in [-0.2, 0) is 19.5 Å². The zero-order valence-electron chi connectivity index (χ0n) is 11.4. The normalized spacial score (nSPS) is 17.1. The summed E-state index contributed by atoms with van der Waals surface area (Å²) in [5.74, 6) is 2.47. The van der Waals surface area contributed by atoms with E-state index in [9.17, 15) is 0 Å². The van der Waals surface area contributed by atoms with E-state index >= 15 is 0 Å². The molecule has 0 aliphatic heterocycles. The molecule has 1 atom stereocenters. The van der Waals surface area contributed by atoms with Crippen LogP contribution in [0.3, 0.4) is 0 Å². The predicted molar refractivity (Wildman–Crippen MR) is 70.1 cm³/mol. The molecule has 2 rings (SSSR count). The number of hydrogen-bond donors (Lipinski definition) is 2. The summed E-state index contributed by atoms with van der Waals surface area (Å²) < 4.78 is 1.84. The summed E-state index contributed by atoms with van der Waals surface area (Å²) in [6, 6.07) is 0.669. The number of nitrogens with zero attached hydrogens (tertiary/aromatic N) is 3. The molecule has 0 amide bonds. The monoisotopic (exact) mass is 252 g/mol. The highest BCUT2D eigenvalue weighted by atomic mass is 16.3. The standard InChI is InChI=1S/C13H24N4O/c1-3-10(2)8-12-15-13(9-14-11-4-5-11)17(16-12)6-7-18/h10-11,14,18H,3-9H2,1-2H3. The molecule has 1 aliphatic carbocycles. The lowest BCUT2D eigenvalue weighted by molar-refractivity contribution is 0.266. The predicted octanol–water partition coefficient (Wildman–Crippen LogP) is 1.11. The maximum Gasteiger partial charge on any atom is 0.151 e. The molecule has 18 heavy (non-hydrogen) atoms. The van der Waals surface area contributed by atoms with Crippen LogP contribution in [0.1, 0.15) is 44.8 Å². The summed E-state index contributed by atoms with van der Waals surface area (Å²) in [7, 11) is 0. The van der Waals surface area contributed by atoms with Crippen molar-refractivity contribution in [1.82, 2.24) is 20.1 Å². The van der Waals surface area contributed by atoms with Gasteiger partial charge in [0.15, 0.2) is 5.82 Å². The highest BCUT2D eigenvalue weighted by Gasteiger charge is 2.21. The molecule has 0 spiro atoms. The zero-order chi connectivity index (χ0) is 13.0. The van der Waals surface area contributed by atoms with Gasteiger partial charge >= 0.3 is 0 Å².